The molecule has 0 radical (unpaired) electrons. The van der Waals surface area contributed by atoms with Crippen molar-refractivity contribution in [3.05, 3.63) is 15.4 Å². The van der Waals surface area contributed by atoms with Crippen molar-refractivity contribution >= 4 is 52.9 Å². The molecule has 2 heterocycles. The summed E-state index contributed by atoms with van der Waals surface area (Å²) >= 11 is 3.97. The molecule has 100 valence electrons. The Labute approximate surface area is 121 Å². The lowest BCUT2D eigenvalue weighted by atomic mass is 10.3. The van der Waals surface area contributed by atoms with Gasteiger partial charge in [0.1, 0.15) is 4.21 Å². The summed E-state index contributed by atoms with van der Waals surface area (Å²) in [6.45, 7) is 2.02. The van der Waals surface area contributed by atoms with E-state index in [0.29, 0.717) is 35.7 Å². The Morgan fingerprint density at radius 1 is 1.44 bits per heavy atom. The molecular weight excluding hydrogens is 366 g/mol. The number of morpholine rings is 1. The number of carbonyl (C=O) groups excluding carboxylic acids is 1. The van der Waals surface area contributed by atoms with Crippen LogP contribution in [0, 0.1) is 0 Å². The van der Waals surface area contributed by atoms with E-state index in [1.54, 1.807) is 4.90 Å². The number of amides is 1. The smallest absolute Gasteiger partial charge is 0.271 e. The van der Waals surface area contributed by atoms with E-state index in [1.807, 2.05) is 0 Å². The van der Waals surface area contributed by atoms with Crippen molar-refractivity contribution in [3.8, 4) is 0 Å². The van der Waals surface area contributed by atoms with Gasteiger partial charge in [-0.1, -0.05) is 0 Å². The Kier molecular flexibility index (Phi) is 4.32. The number of carbonyl (C=O) groups is 1. The van der Waals surface area contributed by atoms with Crippen LogP contribution >= 0.6 is 37.9 Å². The van der Waals surface area contributed by atoms with Gasteiger partial charge in [-0.05, 0) is 22.0 Å². The van der Waals surface area contributed by atoms with E-state index in [9.17, 15) is 13.2 Å². The van der Waals surface area contributed by atoms with Gasteiger partial charge in [0, 0.05) is 28.2 Å². The monoisotopic (exact) mass is 373 g/mol. The van der Waals surface area contributed by atoms with Gasteiger partial charge in [-0.15, -0.1) is 11.3 Å². The first-order chi connectivity index (χ1) is 8.39. The van der Waals surface area contributed by atoms with Crippen molar-refractivity contribution in [1.29, 1.82) is 0 Å². The predicted molar refractivity (Wildman–Crippen MR) is 71.8 cm³/mol. The average molecular weight is 375 g/mol. The molecule has 0 aliphatic carbocycles. The van der Waals surface area contributed by atoms with Crippen LogP contribution in [0.5, 0.6) is 0 Å². The van der Waals surface area contributed by atoms with Gasteiger partial charge in [-0.2, -0.15) is 0 Å². The molecule has 2 rings (SSSR count). The first kappa shape index (κ1) is 14.3. The van der Waals surface area contributed by atoms with E-state index >= 15 is 0 Å². The number of thiophene rings is 1. The molecule has 1 aliphatic rings. The van der Waals surface area contributed by atoms with E-state index in [-0.39, 0.29) is 10.1 Å². The molecule has 1 aromatic rings. The van der Waals surface area contributed by atoms with Gasteiger partial charge in [0.15, 0.2) is 0 Å². The standard InChI is InChI=1S/C9H9BrClNO4S2/c10-6-5-7(17-9(6)18(11,14)15)8(13)12-1-3-16-4-2-12/h5H,1-4H2. The summed E-state index contributed by atoms with van der Waals surface area (Å²) in [7, 11) is 1.45. The van der Waals surface area contributed by atoms with Crippen LogP contribution in [0.3, 0.4) is 0 Å². The van der Waals surface area contributed by atoms with Crippen molar-refractivity contribution in [2.45, 2.75) is 4.21 Å². The minimum Gasteiger partial charge on any atom is -0.378 e. The second kappa shape index (κ2) is 5.46. The van der Waals surface area contributed by atoms with Crippen LogP contribution in [0.4, 0.5) is 0 Å². The number of ether oxygens (including phenoxy) is 1. The van der Waals surface area contributed by atoms with Crippen LogP contribution in [0.1, 0.15) is 9.67 Å². The van der Waals surface area contributed by atoms with Gasteiger partial charge in [0.05, 0.1) is 18.1 Å². The maximum Gasteiger partial charge on any atom is 0.271 e. The molecule has 0 saturated carbocycles. The quantitative estimate of drug-likeness (QED) is 0.742. The average Bonchev–Trinajstić information content (AvgIpc) is 2.71. The largest absolute Gasteiger partial charge is 0.378 e. The molecule has 1 aromatic heterocycles. The Balaban J connectivity index is 2.26. The summed E-state index contributed by atoms with van der Waals surface area (Å²) in [5, 5.41) is 0. The molecule has 0 N–H and O–H groups in total. The number of hydrogen-bond acceptors (Lipinski definition) is 5. The van der Waals surface area contributed by atoms with E-state index in [0.717, 1.165) is 11.3 Å². The number of hydrogen-bond donors (Lipinski definition) is 0. The Bertz CT molecular complexity index is 565. The van der Waals surface area contributed by atoms with Crippen LogP contribution in [0.15, 0.2) is 14.7 Å². The third-order valence-corrected chi connectivity index (χ3v) is 6.76. The molecule has 1 aliphatic heterocycles. The Hall–Kier alpha value is -0.150. The molecule has 1 saturated heterocycles. The molecule has 1 fully saturated rings. The second-order valence-corrected chi connectivity index (χ2v) is 8.26. The van der Waals surface area contributed by atoms with Gasteiger partial charge in [-0.3, -0.25) is 4.79 Å². The molecule has 5 nitrogen and oxygen atoms in total. The maximum atomic E-state index is 12.1. The third kappa shape index (κ3) is 3.05. The highest BCUT2D eigenvalue weighted by molar-refractivity contribution is 9.10. The highest BCUT2D eigenvalue weighted by atomic mass is 79.9. The molecule has 18 heavy (non-hydrogen) atoms. The first-order valence-corrected chi connectivity index (χ1v) is 8.92. The van der Waals surface area contributed by atoms with Crippen LogP contribution in [-0.4, -0.2) is 45.5 Å². The number of rotatable bonds is 2. The number of halogens is 2. The minimum absolute atomic E-state index is 0.0409. The topological polar surface area (TPSA) is 63.7 Å². The summed E-state index contributed by atoms with van der Waals surface area (Å²) in [5.41, 5.74) is 0. The van der Waals surface area contributed by atoms with Gasteiger partial charge >= 0.3 is 0 Å². The van der Waals surface area contributed by atoms with Gasteiger partial charge < -0.3 is 9.64 Å². The van der Waals surface area contributed by atoms with Crippen LogP contribution in [0.2, 0.25) is 0 Å². The van der Waals surface area contributed by atoms with Crippen molar-refractivity contribution in [2.24, 2.45) is 0 Å². The van der Waals surface area contributed by atoms with Gasteiger partial charge in [0.2, 0.25) is 0 Å². The highest BCUT2D eigenvalue weighted by Gasteiger charge is 2.25. The summed E-state index contributed by atoms with van der Waals surface area (Å²) in [5.74, 6) is -0.199. The van der Waals surface area contributed by atoms with E-state index in [1.165, 1.54) is 6.07 Å². The number of nitrogens with zero attached hydrogens (tertiary/aromatic N) is 1. The van der Waals surface area contributed by atoms with Crippen molar-refractivity contribution in [1.82, 2.24) is 4.90 Å². The Morgan fingerprint density at radius 2 is 2.06 bits per heavy atom. The summed E-state index contributed by atoms with van der Waals surface area (Å²) in [4.78, 5) is 14.1. The summed E-state index contributed by atoms with van der Waals surface area (Å²) in [6.07, 6.45) is 0. The van der Waals surface area contributed by atoms with E-state index < -0.39 is 9.05 Å². The third-order valence-electron chi connectivity index (χ3n) is 2.39. The second-order valence-electron chi connectivity index (χ2n) is 3.59. The maximum absolute atomic E-state index is 12.1. The fourth-order valence-corrected chi connectivity index (χ4v) is 5.33. The SMILES string of the molecule is O=C(c1cc(Br)c(S(=O)(=O)Cl)s1)N1CCOCC1. The van der Waals surface area contributed by atoms with Crippen LogP contribution in [0.25, 0.3) is 0 Å². The van der Waals surface area contributed by atoms with Gasteiger partial charge in [0.25, 0.3) is 15.0 Å². The zero-order valence-corrected chi connectivity index (χ0v) is 13.0. The lowest BCUT2D eigenvalue weighted by molar-refractivity contribution is 0.0306. The van der Waals surface area contributed by atoms with Gasteiger partial charge in [-0.25, -0.2) is 8.42 Å². The first-order valence-electron chi connectivity index (χ1n) is 5.00. The molecule has 0 spiro atoms. The zero-order chi connectivity index (χ0) is 13.3. The van der Waals surface area contributed by atoms with Crippen molar-refractivity contribution in [3.63, 3.8) is 0 Å². The lowest BCUT2D eigenvalue weighted by Gasteiger charge is -2.26. The van der Waals surface area contributed by atoms with Crippen molar-refractivity contribution < 1.29 is 17.9 Å². The Morgan fingerprint density at radius 3 is 2.56 bits per heavy atom. The molecular formula is C9H9BrClNO4S2. The minimum atomic E-state index is -3.83. The molecule has 9 heteroatoms. The van der Waals surface area contributed by atoms with Crippen LogP contribution < -0.4 is 0 Å². The fourth-order valence-electron chi connectivity index (χ4n) is 1.55. The fraction of sp³-hybridized carbons (Fsp3) is 0.444. The van der Waals surface area contributed by atoms with Crippen molar-refractivity contribution in [2.75, 3.05) is 26.3 Å². The van der Waals surface area contributed by atoms with E-state index in [2.05, 4.69) is 15.9 Å². The summed E-state index contributed by atoms with van der Waals surface area (Å²) in [6, 6.07) is 1.48. The molecule has 0 aromatic carbocycles. The van der Waals surface area contributed by atoms with E-state index in [4.69, 9.17) is 15.4 Å². The zero-order valence-electron chi connectivity index (χ0n) is 9.06. The highest BCUT2D eigenvalue weighted by Crippen LogP contribution is 2.34. The molecule has 1 amide bonds. The summed E-state index contributed by atoms with van der Waals surface area (Å²) < 4.78 is 28.0. The van der Waals surface area contributed by atoms with Crippen LogP contribution in [-0.2, 0) is 13.8 Å². The predicted octanol–water partition coefficient (Wildman–Crippen LogP) is 1.91. The normalized spacial score (nSPS) is 16.9. The molecule has 0 atom stereocenters. The molecule has 0 unspecified atom stereocenters. The molecule has 0 bridgehead atoms. The lowest BCUT2D eigenvalue weighted by Crippen LogP contribution is -2.40.